The second-order valence-corrected chi connectivity index (χ2v) is 4.65. The number of hydrogen-bond acceptors (Lipinski definition) is 3. The molecule has 84 valence electrons. The fraction of sp³-hybridized carbons (Fsp3) is 0.500. The van der Waals surface area contributed by atoms with E-state index in [1.54, 1.807) is 0 Å². The van der Waals surface area contributed by atoms with Gasteiger partial charge in [-0.3, -0.25) is 0 Å². The zero-order valence-electron chi connectivity index (χ0n) is 9.50. The molecule has 0 aliphatic carbocycles. The van der Waals surface area contributed by atoms with Crippen molar-refractivity contribution in [3.63, 3.8) is 0 Å². The van der Waals surface area contributed by atoms with Gasteiger partial charge in [-0.15, -0.1) is 0 Å². The van der Waals surface area contributed by atoms with Crippen LogP contribution < -0.4 is 0 Å². The molecule has 1 aliphatic rings. The Hall–Kier alpha value is -1.42. The Kier molecular flexibility index (Phi) is 2.36. The summed E-state index contributed by atoms with van der Waals surface area (Å²) in [5.74, 6) is 1.70. The quantitative estimate of drug-likeness (QED) is 0.757. The van der Waals surface area contributed by atoms with Crippen molar-refractivity contribution in [3.8, 4) is 0 Å². The van der Waals surface area contributed by atoms with Crippen molar-refractivity contribution in [1.29, 1.82) is 0 Å². The van der Waals surface area contributed by atoms with E-state index >= 15 is 0 Å². The largest absolute Gasteiger partial charge is 0.306 e. The number of rotatable bonds is 2. The molecule has 0 spiro atoms. The minimum absolute atomic E-state index is 0.724. The van der Waals surface area contributed by atoms with E-state index in [0.717, 1.165) is 23.8 Å². The van der Waals surface area contributed by atoms with Gasteiger partial charge in [-0.2, -0.15) is 5.10 Å². The van der Waals surface area contributed by atoms with Crippen molar-refractivity contribution in [2.24, 2.45) is 5.92 Å². The summed E-state index contributed by atoms with van der Waals surface area (Å²) in [5.41, 5.74) is 0.948. The molecule has 1 aliphatic heterocycles. The zero-order chi connectivity index (χ0) is 11.0. The number of likely N-dealkylation sites (tertiary alicyclic amines) is 1. The van der Waals surface area contributed by atoms with Crippen LogP contribution in [0.5, 0.6) is 0 Å². The number of pyridine rings is 1. The van der Waals surface area contributed by atoms with E-state index in [-0.39, 0.29) is 0 Å². The van der Waals surface area contributed by atoms with Gasteiger partial charge in [0.25, 0.3) is 0 Å². The molecule has 0 bridgehead atoms. The molecule has 16 heavy (non-hydrogen) atoms. The second-order valence-electron chi connectivity index (χ2n) is 4.65. The Morgan fingerprint density at radius 2 is 2.38 bits per heavy atom. The first-order valence-corrected chi connectivity index (χ1v) is 5.80. The number of aromatic nitrogens is 3. The van der Waals surface area contributed by atoms with Gasteiger partial charge in [-0.25, -0.2) is 9.50 Å². The maximum atomic E-state index is 4.53. The summed E-state index contributed by atoms with van der Waals surface area (Å²) in [6.45, 7) is 2.38. The summed E-state index contributed by atoms with van der Waals surface area (Å²) >= 11 is 0. The summed E-state index contributed by atoms with van der Waals surface area (Å²) in [7, 11) is 2.18. The molecule has 4 nitrogen and oxygen atoms in total. The fourth-order valence-corrected chi connectivity index (χ4v) is 2.42. The van der Waals surface area contributed by atoms with Crippen LogP contribution in [0.3, 0.4) is 0 Å². The van der Waals surface area contributed by atoms with Gasteiger partial charge >= 0.3 is 0 Å². The van der Waals surface area contributed by atoms with Crippen LogP contribution in [0.15, 0.2) is 24.4 Å². The van der Waals surface area contributed by atoms with Crippen LogP contribution in [0, 0.1) is 5.92 Å². The third-order valence-electron chi connectivity index (χ3n) is 3.25. The van der Waals surface area contributed by atoms with Gasteiger partial charge in [-0.05, 0) is 38.1 Å². The predicted octanol–water partition coefficient (Wildman–Crippen LogP) is 1.22. The standard InChI is InChI=1S/C12H16N4/c1-15-7-5-10(9-15)8-11-13-12-4-2-3-6-16(12)14-11/h2-4,6,10H,5,7-9H2,1H3. The Labute approximate surface area is 94.9 Å². The van der Waals surface area contributed by atoms with E-state index in [1.165, 1.54) is 19.5 Å². The molecule has 0 N–H and O–H groups in total. The smallest absolute Gasteiger partial charge is 0.155 e. The van der Waals surface area contributed by atoms with E-state index in [4.69, 9.17) is 0 Å². The van der Waals surface area contributed by atoms with Gasteiger partial charge in [0.05, 0.1) is 0 Å². The Morgan fingerprint density at radius 3 is 3.12 bits per heavy atom. The van der Waals surface area contributed by atoms with Crippen molar-refractivity contribution < 1.29 is 0 Å². The van der Waals surface area contributed by atoms with Gasteiger partial charge < -0.3 is 4.90 Å². The lowest BCUT2D eigenvalue weighted by Gasteiger charge is -2.07. The van der Waals surface area contributed by atoms with Gasteiger partial charge in [0.2, 0.25) is 0 Å². The predicted molar refractivity (Wildman–Crippen MR) is 62.3 cm³/mol. The highest BCUT2D eigenvalue weighted by atomic mass is 15.3. The monoisotopic (exact) mass is 216 g/mol. The average Bonchev–Trinajstić information content (AvgIpc) is 2.84. The van der Waals surface area contributed by atoms with Crippen LogP contribution in [0.2, 0.25) is 0 Å². The molecule has 4 heteroatoms. The number of nitrogens with zero attached hydrogens (tertiary/aromatic N) is 4. The molecule has 3 rings (SSSR count). The van der Waals surface area contributed by atoms with E-state index in [2.05, 4.69) is 22.0 Å². The molecule has 0 amide bonds. The minimum atomic E-state index is 0.724. The highest BCUT2D eigenvalue weighted by Crippen LogP contribution is 2.18. The zero-order valence-corrected chi connectivity index (χ0v) is 9.50. The van der Waals surface area contributed by atoms with Crippen molar-refractivity contribution in [2.75, 3.05) is 20.1 Å². The molecular formula is C12H16N4. The van der Waals surface area contributed by atoms with E-state index in [0.29, 0.717) is 0 Å². The van der Waals surface area contributed by atoms with E-state index < -0.39 is 0 Å². The van der Waals surface area contributed by atoms with Crippen LogP contribution >= 0.6 is 0 Å². The second kappa shape index (κ2) is 3.87. The summed E-state index contributed by atoms with van der Waals surface area (Å²) in [5, 5.41) is 4.49. The van der Waals surface area contributed by atoms with E-state index in [9.17, 15) is 0 Å². The van der Waals surface area contributed by atoms with Crippen LogP contribution in [0.4, 0.5) is 0 Å². The molecule has 2 aromatic heterocycles. The van der Waals surface area contributed by atoms with Crippen LogP contribution in [0.1, 0.15) is 12.2 Å². The van der Waals surface area contributed by atoms with Crippen molar-refractivity contribution in [3.05, 3.63) is 30.2 Å². The van der Waals surface area contributed by atoms with Crippen LogP contribution in [-0.4, -0.2) is 39.6 Å². The lowest BCUT2D eigenvalue weighted by atomic mass is 10.1. The highest BCUT2D eigenvalue weighted by molar-refractivity contribution is 5.36. The molecule has 0 saturated carbocycles. The van der Waals surface area contributed by atoms with Gasteiger partial charge in [0.15, 0.2) is 11.5 Å². The number of hydrogen-bond donors (Lipinski definition) is 0. The summed E-state index contributed by atoms with van der Waals surface area (Å²) < 4.78 is 1.86. The minimum Gasteiger partial charge on any atom is -0.306 e. The molecule has 2 aromatic rings. The molecule has 1 unspecified atom stereocenters. The van der Waals surface area contributed by atoms with Crippen LogP contribution in [0.25, 0.3) is 5.65 Å². The molecule has 1 saturated heterocycles. The normalized spacial score (nSPS) is 21.9. The van der Waals surface area contributed by atoms with Crippen molar-refractivity contribution in [2.45, 2.75) is 12.8 Å². The van der Waals surface area contributed by atoms with Crippen molar-refractivity contribution in [1.82, 2.24) is 19.5 Å². The van der Waals surface area contributed by atoms with Crippen molar-refractivity contribution >= 4 is 5.65 Å². The molecule has 0 radical (unpaired) electrons. The molecule has 1 atom stereocenters. The first-order chi connectivity index (χ1) is 7.81. The van der Waals surface area contributed by atoms with Gasteiger partial charge in [0.1, 0.15) is 0 Å². The SMILES string of the molecule is CN1CCC(Cc2nc3ccccn3n2)C1. The Bertz CT molecular complexity index is 457. The number of fused-ring (bicyclic) bond motifs is 1. The first kappa shape index (κ1) is 9.78. The lowest BCUT2D eigenvalue weighted by Crippen LogP contribution is -2.15. The maximum Gasteiger partial charge on any atom is 0.155 e. The summed E-state index contributed by atoms with van der Waals surface area (Å²) in [4.78, 5) is 6.91. The Balaban J connectivity index is 1.79. The average molecular weight is 216 g/mol. The van der Waals surface area contributed by atoms with E-state index in [1.807, 2.05) is 28.9 Å². The summed E-state index contributed by atoms with van der Waals surface area (Å²) in [6.07, 6.45) is 4.23. The molecular weight excluding hydrogens is 200 g/mol. The third kappa shape index (κ3) is 1.80. The molecule has 0 aromatic carbocycles. The maximum absolute atomic E-state index is 4.53. The summed E-state index contributed by atoms with van der Waals surface area (Å²) in [6, 6.07) is 5.98. The third-order valence-corrected chi connectivity index (χ3v) is 3.25. The Morgan fingerprint density at radius 1 is 1.44 bits per heavy atom. The highest BCUT2D eigenvalue weighted by Gasteiger charge is 2.21. The lowest BCUT2D eigenvalue weighted by molar-refractivity contribution is 0.392. The van der Waals surface area contributed by atoms with Gasteiger partial charge in [-0.1, -0.05) is 6.07 Å². The van der Waals surface area contributed by atoms with Crippen LogP contribution in [-0.2, 0) is 6.42 Å². The fourth-order valence-electron chi connectivity index (χ4n) is 2.42. The van der Waals surface area contributed by atoms with Gasteiger partial charge in [0, 0.05) is 19.2 Å². The topological polar surface area (TPSA) is 33.4 Å². The molecule has 3 heterocycles. The molecule has 1 fully saturated rings. The first-order valence-electron chi connectivity index (χ1n) is 5.80.